The van der Waals surface area contributed by atoms with Gasteiger partial charge in [0.2, 0.25) is 0 Å². The van der Waals surface area contributed by atoms with Gasteiger partial charge in [0.25, 0.3) is 11.6 Å². The number of nitro groups is 1. The molecule has 1 saturated heterocycles. The van der Waals surface area contributed by atoms with Crippen LogP contribution in [0, 0.1) is 10.1 Å². The summed E-state index contributed by atoms with van der Waals surface area (Å²) >= 11 is 0. The normalized spacial score (nSPS) is 13.7. The number of hydrogen-bond donors (Lipinski definition) is 0. The Hall–Kier alpha value is -4.61. The second-order valence-electron chi connectivity index (χ2n) is 7.88. The highest BCUT2D eigenvalue weighted by Gasteiger charge is 2.26. The van der Waals surface area contributed by atoms with E-state index in [0.29, 0.717) is 55.3 Å². The molecule has 12 heteroatoms. The van der Waals surface area contributed by atoms with E-state index >= 15 is 0 Å². The first kappa shape index (κ1) is 22.2. The molecule has 1 fully saturated rings. The number of non-ortho nitro benzene ring substituents is 1. The third-order valence-electron chi connectivity index (χ3n) is 5.78. The standard InChI is InChI=1S/C23H22N8O4/c1-2-35-19-8-6-17(7-9-19)30-22-20(26-27-30)21(24-15-25-22)28-10-12-29(13-11-28)23(32)16-4-3-5-18(14-16)31(33)34/h3-9,14-15H,2,10-13H2,1H3. The van der Waals surface area contributed by atoms with Crippen LogP contribution in [0.5, 0.6) is 5.75 Å². The van der Waals surface area contributed by atoms with Gasteiger partial charge in [-0.05, 0) is 37.3 Å². The fourth-order valence-electron chi connectivity index (χ4n) is 4.05. The summed E-state index contributed by atoms with van der Waals surface area (Å²) in [6.07, 6.45) is 1.48. The van der Waals surface area contributed by atoms with Gasteiger partial charge in [0.1, 0.15) is 12.1 Å². The van der Waals surface area contributed by atoms with Crippen LogP contribution in [-0.2, 0) is 0 Å². The van der Waals surface area contributed by atoms with Crippen molar-refractivity contribution in [1.82, 2.24) is 29.9 Å². The van der Waals surface area contributed by atoms with E-state index in [1.807, 2.05) is 36.1 Å². The van der Waals surface area contributed by atoms with Gasteiger partial charge in [-0.3, -0.25) is 14.9 Å². The van der Waals surface area contributed by atoms with E-state index < -0.39 is 4.92 Å². The fourth-order valence-corrected chi connectivity index (χ4v) is 4.05. The molecule has 178 valence electrons. The Morgan fingerprint density at radius 3 is 2.57 bits per heavy atom. The van der Waals surface area contributed by atoms with Crippen molar-refractivity contribution >= 4 is 28.6 Å². The van der Waals surface area contributed by atoms with Crippen molar-refractivity contribution in [3.8, 4) is 11.4 Å². The summed E-state index contributed by atoms with van der Waals surface area (Å²) in [6, 6.07) is 13.3. The van der Waals surface area contributed by atoms with Crippen LogP contribution in [0.25, 0.3) is 16.9 Å². The number of rotatable bonds is 6. The molecule has 0 radical (unpaired) electrons. The second kappa shape index (κ2) is 9.33. The van der Waals surface area contributed by atoms with Crippen molar-refractivity contribution < 1.29 is 14.5 Å². The second-order valence-corrected chi connectivity index (χ2v) is 7.88. The molecular formula is C23H22N8O4. The van der Waals surface area contributed by atoms with Crippen LogP contribution in [0.15, 0.2) is 54.9 Å². The molecule has 1 aliphatic rings. The Morgan fingerprint density at radius 2 is 1.86 bits per heavy atom. The number of anilines is 1. The summed E-state index contributed by atoms with van der Waals surface area (Å²) in [5, 5.41) is 19.6. The lowest BCUT2D eigenvalue weighted by molar-refractivity contribution is -0.384. The van der Waals surface area contributed by atoms with Gasteiger partial charge < -0.3 is 14.5 Å². The first-order chi connectivity index (χ1) is 17.0. The van der Waals surface area contributed by atoms with Crippen LogP contribution in [0.2, 0.25) is 0 Å². The average Bonchev–Trinajstić information content (AvgIpc) is 3.33. The van der Waals surface area contributed by atoms with Crippen molar-refractivity contribution in [2.45, 2.75) is 6.92 Å². The van der Waals surface area contributed by atoms with Crippen molar-refractivity contribution in [2.75, 3.05) is 37.7 Å². The first-order valence-corrected chi connectivity index (χ1v) is 11.1. The van der Waals surface area contributed by atoms with E-state index in [4.69, 9.17) is 4.74 Å². The van der Waals surface area contributed by atoms with E-state index in [9.17, 15) is 14.9 Å². The van der Waals surface area contributed by atoms with Crippen molar-refractivity contribution in [1.29, 1.82) is 0 Å². The Morgan fingerprint density at radius 1 is 1.09 bits per heavy atom. The Bertz CT molecular complexity index is 1380. The van der Waals surface area contributed by atoms with Crippen LogP contribution in [0.4, 0.5) is 11.5 Å². The van der Waals surface area contributed by atoms with Gasteiger partial charge in [-0.2, -0.15) is 4.68 Å². The molecule has 0 saturated carbocycles. The summed E-state index contributed by atoms with van der Waals surface area (Å²) in [7, 11) is 0. The van der Waals surface area contributed by atoms with Crippen LogP contribution in [-0.4, -0.2) is 73.5 Å². The van der Waals surface area contributed by atoms with Crippen molar-refractivity contribution in [3.63, 3.8) is 0 Å². The topological polar surface area (TPSA) is 132 Å². The Labute approximate surface area is 199 Å². The van der Waals surface area contributed by atoms with Crippen LogP contribution < -0.4 is 9.64 Å². The zero-order valence-electron chi connectivity index (χ0n) is 18.9. The molecule has 0 N–H and O–H groups in total. The molecule has 5 rings (SSSR count). The number of carbonyl (C=O) groups is 1. The number of benzene rings is 2. The number of amides is 1. The molecule has 1 aliphatic heterocycles. The van der Waals surface area contributed by atoms with Gasteiger partial charge >= 0.3 is 0 Å². The highest BCUT2D eigenvalue weighted by molar-refractivity contribution is 5.95. The highest BCUT2D eigenvalue weighted by atomic mass is 16.6. The summed E-state index contributed by atoms with van der Waals surface area (Å²) in [6.45, 7) is 4.47. The molecule has 35 heavy (non-hydrogen) atoms. The maximum Gasteiger partial charge on any atom is 0.270 e. The van der Waals surface area contributed by atoms with Gasteiger partial charge in [-0.1, -0.05) is 11.3 Å². The summed E-state index contributed by atoms with van der Waals surface area (Å²) in [4.78, 5) is 36.0. The molecule has 3 heterocycles. The molecule has 0 atom stereocenters. The minimum atomic E-state index is -0.504. The minimum Gasteiger partial charge on any atom is -0.494 e. The summed E-state index contributed by atoms with van der Waals surface area (Å²) < 4.78 is 7.15. The number of fused-ring (bicyclic) bond motifs is 1. The van der Waals surface area contributed by atoms with Crippen LogP contribution in [0.1, 0.15) is 17.3 Å². The summed E-state index contributed by atoms with van der Waals surface area (Å²) in [5.74, 6) is 1.19. The van der Waals surface area contributed by atoms with Gasteiger partial charge in [0.15, 0.2) is 17.0 Å². The number of piperazine rings is 1. The Balaban J connectivity index is 1.33. The average molecular weight is 474 g/mol. The molecule has 0 spiro atoms. The number of nitrogens with zero attached hydrogens (tertiary/aromatic N) is 8. The van der Waals surface area contributed by atoms with E-state index in [-0.39, 0.29) is 11.6 Å². The zero-order valence-corrected chi connectivity index (χ0v) is 18.9. The van der Waals surface area contributed by atoms with Gasteiger partial charge in [-0.15, -0.1) is 5.10 Å². The number of carbonyl (C=O) groups excluding carboxylic acids is 1. The molecule has 4 aromatic rings. The van der Waals surface area contributed by atoms with Crippen molar-refractivity contribution in [3.05, 3.63) is 70.5 Å². The highest BCUT2D eigenvalue weighted by Crippen LogP contribution is 2.25. The minimum absolute atomic E-state index is 0.103. The lowest BCUT2D eigenvalue weighted by Crippen LogP contribution is -2.49. The van der Waals surface area contributed by atoms with Gasteiger partial charge in [0.05, 0.1) is 17.2 Å². The maximum atomic E-state index is 12.9. The maximum absolute atomic E-state index is 12.9. The molecule has 1 amide bonds. The third kappa shape index (κ3) is 4.33. The Kier molecular flexibility index (Phi) is 5.92. The molecule has 0 aliphatic carbocycles. The SMILES string of the molecule is CCOc1ccc(-n2nnc3c(N4CCN(C(=O)c5cccc([N+](=O)[O-])c5)CC4)ncnc32)cc1. The summed E-state index contributed by atoms with van der Waals surface area (Å²) in [5.41, 5.74) is 2.14. The molecule has 12 nitrogen and oxygen atoms in total. The first-order valence-electron chi connectivity index (χ1n) is 11.1. The number of hydrogen-bond acceptors (Lipinski definition) is 9. The molecule has 0 unspecified atom stereocenters. The molecular weight excluding hydrogens is 452 g/mol. The van der Waals surface area contributed by atoms with E-state index in [0.717, 1.165) is 11.4 Å². The van der Waals surface area contributed by atoms with Gasteiger partial charge in [0, 0.05) is 43.9 Å². The predicted octanol–water partition coefficient (Wildman–Crippen LogP) is 2.48. The monoisotopic (exact) mass is 474 g/mol. The quantitative estimate of drug-likeness (QED) is 0.305. The third-order valence-corrected chi connectivity index (χ3v) is 5.78. The smallest absolute Gasteiger partial charge is 0.270 e. The van der Waals surface area contributed by atoms with E-state index in [1.54, 1.807) is 15.6 Å². The zero-order chi connectivity index (χ0) is 24.4. The largest absolute Gasteiger partial charge is 0.494 e. The van der Waals surface area contributed by atoms with E-state index in [1.165, 1.54) is 24.5 Å². The molecule has 2 aromatic heterocycles. The van der Waals surface area contributed by atoms with Crippen LogP contribution >= 0.6 is 0 Å². The fraction of sp³-hybridized carbons (Fsp3) is 0.261. The number of aromatic nitrogens is 5. The van der Waals surface area contributed by atoms with Gasteiger partial charge in [-0.25, -0.2) is 9.97 Å². The lowest BCUT2D eigenvalue weighted by Gasteiger charge is -2.35. The number of nitro benzene ring substituents is 1. The van der Waals surface area contributed by atoms with Crippen LogP contribution in [0.3, 0.4) is 0 Å². The predicted molar refractivity (Wildman–Crippen MR) is 127 cm³/mol. The molecule has 0 bridgehead atoms. The number of ether oxygens (including phenoxy) is 1. The molecule has 2 aromatic carbocycles. The van der Waals surface area contributed by atoms with E-state index in [2.05, 4.69) is 20.3 Å². The van der Waals surface area contributed by atoms with Crippen molar-refractivity contribution in [2.24, 2.45) is 0 Å². The lowest BCUT2D eigenvalue weighted by atomic mass is 10.1.